The van der Waals surface area contributed by atoms with Crippen LogP contribution in [0, 0.1) is 11.8 Å². The van der Waals surface area contributed by atoms with Gasteiger partial charge in [0.25, 0.3) is 5.91 Å². The molecule has 0 radical (unpaired) electrons. The Morgan fingerprint density at radius 1 is 1.03 bits per heavy atom. The molecule has 1 amide bonds. The van der Waals surface area contributed by atoms with Gasteiger partial charge in [0.05, 0.1) is 15.1 Å². The highest BCUT2D eigenvalue weighted by atomic mass is 32.2. The van der Waals surface area contributed by atoms with E-state index in [4.69, 9.17) is 4.98 Å². The van der Waals surface area contributed by atoms with E-state index in [1.54, 1.807) is 51.2 Å². The maximum atomic E-state index is 13.4. The van der Waals surface area contributed by atoms with Crippen LogP contribution < -0.4 is 5.32 Å². The smallest absolute Gasteiger partial charge is 0.256 e. The van der Waals surface area contributed by atoms with Crippen molar-refractivity contribution in [3.63, 3.8) is 0 Å². The third-order valence-electron chi connectivity index (χ3n) is 7.62. The SMILES string of the molecule is CC1CCc2c(sc(NC(=O)c3ccc(S(=O)(=O)N4CCCC(C)C4)cc3)c2-c2nc3ccccc3s2)C1. The van der Waals surface area contributed by atoms with Gasteiger partial charge in [-0.2, -0.15) is 4.31 Å². The van der Waals surface area contributed by atoms with Crippen LogP contribution in [-0.4, -0.2) is 36.7 Å². The highest BCUT2D eigenvalue weighted by molar-refractivity contribution is 7.89. The molecular weight excluding hydrogens is 535 g/mol. The lowest BCUT2D eigenvalue weighted by molar-refractivity contribution is 0.102. The minimum absolute atomic E-state index is 0.235. The quantitative estimate of drug-likeness (QED) is 0.288. The number of para-hydroxylation sites is 1. The molecule has 6 nitrogen and oxygen atoms in total. The summed E-state index contributed by atoms with van der Waals surface area (Å²) in [6.45, 7) is 5.45. The summed E-state index contributed by atoms with van der Waals surface area (Å²) in [5.74, 6) is 0.729. The second-order valence-corrected chi connectivity index (χ2v) is 14.7. The Hall–Kier alpha value is -2.59. The van der Waals surface area contributed by atoms with Crippen LogP contribution in [0.2, 0.25) is 0 Å². The predicted octanol–water partition coefficient (Wildman–Crippen LogP) is 6.82. The molecule has 1 aliphatic heterocycles. The molecule has 0 spiro atoms. The molecule has 2 aromatic carbocycles. The van der Waals surface area contributed by atoms with E-state index in [0.717, 1.165) is 57.9 Å². The Morgan fingerprint density at radius 2 is 1.82 bits per heavy atom. The Balaban J connectivity index is 1.29. The lowest BCUT2D eigenvalue weighted by Gasteiger charge is -2.30. The third-order valence-corrected chi connectivity index (χ3v) is 11.7. The number of fused-ring (bicyclic) bond motifs is 2. The van der Waals surface area contributed by atoms with Gasteiger partial charge >= 0.3 is 0 Å². The average Bonchev–Trinajstić information content (AvgIpc) is 3.49. The molecule has 1 fully saturated rings. The lowest BCUT2D eigenvalue weighted by Crippen LogP contribution is -2.39. The number of aromatic nitrogens is 1. The standard InChI is InChI=1S/C29H31N3O3S3/c1-18-9-14-22-25(16-18)37-29(26(22)28-30-23-7-3-4-8-24(23)36-28)31-27(33)20-10-12-21(13-11-20)38(34,35)32-15-5-6-19(2)17-32/h3-4,7-8,10-13,18-19H,5-6,9,14-17H2,1-2H3,(H,31,33). The number of nitrogens with one attached hydrogen (secondary N) is 1. The zero-order valence-corrected chi connectivity index (χ0v) is 24.0. The summed E-state index contributed by atoms with van der Waals surface area (Å²) in [6.07, 6.45) is 5.04. The number of hydrogen-bond acceptors (Lipinski definition) is 6. The number of carbonyl (C=O) groups excluding carboxylic acids is 1. The minimum Gasteiger partial charge on any atom is -0.313 e. The third kappa shape index (κ3) is 4.81. The van der Waals surface area contributed by atoms with E-state index in [1.807, 2.05) is 18.2 Å². The van der Waals surface area contributed by atoms with Crippen molar-refractivity contribution in [2.24, 2.45) is 11.8 Å². The summed E-state index contributed by atoms with van der Waals surface area (Å²) in [6, 6.07) is 14.5. The number of sulfonamides is 1. The number of carbonyl (C=O) groups is 1. The number of amides is 1. The van der Waals surface area contributed by atoms with Gasteiger partial charge in [0.2, 0.25) is 10.0 Å². The summed E-state index contributed by atoms with van der Waals surface area (Å²) < 4.78 is 29.0. The molecule has 9 heteroatoms. The van der Waals surface area contributed by atoms with Crippen LogP contribution in [0.3, 0.4) is 0 Å². The van der Waals surface area contributed by atoms with E-state index in [-0.39, 0.29) is 10.8 Å². The molecule has 1 N–H and O–H groups in total. The van der Waals surface area contributed by atoms with Crippen molar-refractivity contribution in [2.75, 3.05) is 18.4 Å². The van der Waals surface area contributed by atoms with Crippen molar-refractivity contribution in [1.82, 2.24) is 9.29 Å². The second kappa shape index (κ2) is 10.2. The van der Waals surface area contributed by atoms with Gasteiger partial charge in [0, 0.05) is 29.1 Å². The van der Waals surface area contributed by atoms with Crippen LogP contribution in [0.4, 0.5) is 5.00 Å². The van der Waals surface area contributed by atoms with Gasteiger partial charge in [-0.15, -0.1) is 22.7 Å². The fraction of sp³-hybridized carbons (Fsp3) is 0.379. The first-order valence-electron chi connectivity index (χ1n) is 13.2. The number of thiazole rings is 1. The maximum Gasteiger partial charge on any atom is 0.256 e. The first kappa shape index (κ1) is 25.7. The van der Waals surface area contributed by atoms with Gasteiger partial charge in [0.15, 0.2) is 0 Å². The number of hydrogen-bond donors (Lipinski definition) is 1. The Labute approximate surface area is 231 Å². The predicted molar refractivity (Wildman–Crippen MR) is 156 cm³/mol. The van der Waals surface area contributed by atoms with Crippen LogP contribution in [0.1, 0.15) is 53.9 Å². The van der Waals surface area contributed by atoms with E-state index < -0.39 is 10.0 Å². The van der Waals surface area contributed by atoms with Crippen LogP contribution in [0.25, 0.3) is 20.8 Å². The normalized spacial score (nSPS) is 20.4. The van der Waals surface area contributed by atoms with Gasteiger partial charge in [-0.3, -0.25) is 4.79 Å². The largest absolute Gasteiger partial charge is 0.313 e. The Kier molecular flexibility index (Phi) is 6.88. The van der Waals surface area contributed by atoms with Gasteiger partial charge in [-0.05, 0) is 85.9 Å². The summed E-state index contributed by atoms with van der Waals surface area (Å²) in [7, 11) is -3.56. The van der Waals surface area contributed by atoms with E-state index in [0.29, 0.717) is 30.5 Å². The van der Waals surface area contributed by atoms with Crippen LogP contribution >= 0.6 is 22.7 Å². The zero-order chi connectivity index (χ0) is 26.4. The fourth-order valence-corrected chi connectivity index (χ4v) is 9.63. The van der Waals surface area contributed by atoms with Crippen molar-refractivity contribution < 1.29 is 13.2 Å². The molecular formula is C29H31N3O3S3. The van der Waals surface area contributed by atoms with Crippen molar-refractivity contribution in [1.29, 1.82) is 0 Å². The Morgan fingerprint density at radius 3 is 2.58 bits per heavy atom. The number of anilines is 1. The van der Waals surface area contributed by atoms with Crippen LogP contribution in [0.15, 0.2) is 53.4 Å². The molecule has 2 unspecified atom stereocenters. The molecule has 0 saturated carbocycles. The average molecular weight is 566 g/mol. The molecule has 1 saturated heterocycles. The molecule has 2 aliphatic rings. The molecule has 2 atom stereocenters. The summed E-state index contributed by atoms with van der Waals surface area (Å²) >= 11 is 3.31. The van der Waals surface area contributed by atoms with Crippen LogP contribution in [0.5, 0.6) is 0 Å². The van der Waals surface area contributed by atoms with Crippen LogP contribution in [-0.2, 0) is 22.9 Å². The topological polar surface area (TPSA) is 79.4 Å². The maximum absolute atomic E-state index is 13.4. The first-order valence-corrected chi connectivity index (χ1v) is 16.3. The van der Waals surface area contributed by atoms with E-state index in [1.165, 1.54) is 10.4 Å². The summed E-state index contributed by atoms with van der Waals surface area (Å²) in [5.41, 5.74) is 3.75. The lowest BCUT2D eigenvalue weighted by atomic mass is 9.88. The second-order valence-electron chi connectivity index (χ2n) is 10.6. The van der Waals surface area contributed by atoms with E-state index >= 15 is 0 Å². The molecule has 38 heavy (non-hydrogen) atoms. The van der Waals surface area contributed by atoms with Gasteiger partial charge in [0.1, 0.15) is 10.0 Å². The molecule has 1 aliphatic carbocycles. The van der Waals surface area contributed by atoms with Crippen molar-refractivity contribution >= 4 is 53.8 Å². The highest BCUT2D eigenvalue weighted by Gasteiger charge is 2.30. The first-order chi connectivity index (χ1) is 18.3. The van der Waals surface area contributed by atoms with Gasteiger partial charge < -0.3 is 5.32 Å². The fourth-order valence-electron chi connectivity index (χ4n) is 5.51. The molecule has 6 rings (SSSR count). The van der Waals surface area contributed by atoms with E-state index in [2.05, 4.69) is 25.2 Å². The Bertz CT molecular complexity index is 1570. The van der Waals surface area contributed by atoms with Crippen molar-refractivity contribution in [3.05, 3.63) is 64.5 Å². The molecule has 198 valence electrons. The highest BCUT2D eigenvalue weighted by Crippen LogP contribution is 2.47. The van der Waals surface area contributed by atoms with Crippen molar-refractivity contribution in [3.8, 4) is 10.6 Å². The zero-order valence-electron chi connectivity index (χ0n) is 21.6. The van der Waals surface area contributed by atoms with Crippen molar-refractivity contribution in [2.45, 2.75) is 50.8 Å². The van der Waals surface area contributed by atoms with Gasteiger partial charge in [-0.1, -0.05) is 26.0 Å². The number of nitrogens with zero attached hydrogens (tertiary/aromatic N) is 2. The summed E-state index contributed by atoms with van der Waals surface area (Å²) in [5, 5.41) is 4.92. The van der Waals surface area contributed by atoms with Gasteiger partial charge in [-0.25, -0.2) is 13.4 Å². The molecule has 3 heterocycles. The monoisotopic (exact) mass is 565 g/mol. The number of piperidine rings is 1. The minimum atomic E-state index is -3.56. The number of thiophene rings is 1. The molecule has 0 bridgehead atoms. The molecule has 4 aromatic rings. The summed E-state index contributed by atoms with van der Waals surface area (Å²) in [4.78, 5) is 19.8. The van der Waals surface area contributed by atoms with E-state index in [9.17, 15) is 13.2 Å². The molecule has 2 aromatic heterocycles. The number of rotatable bonds is 5. The number of benzene rings is 2.